The summed E-state index contributed by atoms with van der Waals surface area (Å²) in [7, 11) is 0. The molecule has 0 radical (unpaired) electrons. The van der Waals surface area contributed by atoms with Crippen LogP contribution in [0.5, 0.6) is 5.75 Å². The third kappa shape index (κ3) is 30.3. The van der Waals surface area contributed by atoms with Crippen LogP contribution < -0.4 is 24.3 Å². The Morgan fingerprint density at radius 3 is 0.768 bits per heavy atom. The number of carbonyl (C=O) groups excluding carboxylic acids is 3. The third-order valence-corrected chi connectivity index (χ3v) is 26.8. The van der Waals surface area contributed by atoms with Crippen molar-refractivity contribution in [3.05, 3.63) is 434 Å². The van der Waals surface area contributed by atoms with Gasteiger partial charge in [-0.1, -0.05) is 383 Å². The van der Waals surface area contributed by atoms with Crippen LogP contribution >= 0.6 is 0 Å². The SMILES string of the molecule is CC(C)COc1ccc(C(C)C)cc1.CC(C)c1ccc(N(c2ccc(C(=O)c3ccc(C(C)(C)C)cc3)cc2)c2ccc(C(=O)c3ccc(C(C)(C)C)cc3)cc2)cc1.CC(C)c1ccc(N(c2ccc(C(C)(C)C)cc2)c2ccc(C(C)(C)C)cc2)cc1.CC(C)c1ccc(N(c2ccccc2)c2ccc(C(=O)c3ccc(C(C)(C)C)cc3)cc2)cc1.CCCCCN1CCCc2cc(C(C)C)ccc21. The number of hydrogen-bond donors (Lipinski definition) is 0. The molecule has 0 bridgehead atoms. The van der Waals surface area contributed by atoms with E-state index in [0.29, 0.717) is 68.9 Å². The van der Waals surface area contributed by atoms with Crippen molar-refractivity contribution < 1.29 is 19.1 Å². The van der Waals surface area contributed by atoms with Gasteiger partial charge < -0.3 is 24.3 Å². The van der Waals surface area contributed by atoms with Crippen LogP contribution in [0.25, 0.3) is 0 Å². The highest BCUT2D eigenvalue weighted by Gasteiger charge is 2.26. The highest BCUT2D eigenvalue weighted by Crippen LogP contribution is 2.43. The zero-order chi connectivity index (χ0) is 103. The molecule has 0 aliphatic carbocycles. The van der Waals surface area contributed by atoms with Gasteiger partial charge in [0.15, 0.2) is 17.3 Å². The second-order valence-electron chi connectivity index (χ2n) is 45.6. The maximum Gasteiger partial charge on any atom is 0.193 e. The summed E-state index contributed by atoms with van der Waals surface area (Å²) in [4.78, 5) is 49.2. The average molecular weight is 1890 g/mol. The first-order valence-electron chi connectivity index (χ1n) is 52.1. The predicted octanol–water partition coefficient (Wildman–Crippen LogP) is 37.6. The van der Waals surface area contributed by atoms with Crippen LogP contribution in [0.1, 0.15) is 358 Å². The quantitative estimate of drug-likeness (QED) is 0.0372. The maximum absolute atomic E-state index is 13.4. The average Bonchev–Trinajstić information content (AvgIpc) is 0.777. The van der Waals surface area contributed by atoms with Gasteiger partial charge in [-0.15, -0.1) is 0 Å². The minimum Gasteiger partial charge on any atom is -0.493 e. The number of benzene rings is 14. The molecule has 0 aromatic heterocycles. The van der Waals surface area contributed by atoms with Crippen molar-refractivity contribution in [2.45, 2.75) is 283 Å². The molecule has 0 atom stereocenters. The van der Waals surface area contributed by atoms with Gasteiger partial charge in [0.1, 0.15) is 5.75 Å². The lowest BCUT2D eigenvalue weighted by molar-refractivity contribution is 0.103. The fourth-order valence-corrected chi connectivity index (χ4v) is 17.4. The monoisotopic (exact) mass is 1890 g/mol. The first kappa shape index (κ1) is 109. The van der Waals surface area contributed by atoms with Gasteiger partial charge in [0, 0.05) is 103 Å². The summed E-state index contributed by atoms with van der Waals surface area (Å²) in [5, 5.41) is 0. The summed E-state index contributed by atoms with van der Waals surface area (Å²) in [6.07, 6.45) is 6.59. The van der Waals surface area contributed by atoms with Crippen LogP contribution in [0.3, 0.4) is 0 Å². The van der Waals surface area contributed by atoms with Gasteiger partial charge in [-0.05, 0) is 307 Å². The molecule has 8 heteroatoms. The third-order valence-electron chi connectivity index (χ3n) is 26.8. The van der Waals surface area contributed by atoms with Crippen molar-refractivity contribution in [3.63, 3.8) is 0 Å². The highest BCUT2D eigenvalue weighted by atomic mass is 16.5. The summed E-state index contributed by atoms with van der Waals surface area (Å²) < 4.78 is 5.60. The summed E-state index contributed by atoms with van der Waals surface area (Å²) in [5.41, 5.74) is 30.2. The van der Waals surface area contributed by atoms with E-state index in [1.54, 1.807) is 5.56 Å². The number of unbranched alkanes of at least 4 members (excludes halogenated alkanes) is 2. The van der Waals surface area contributed by atoms with Crippen LogP contribution in [0.2, 0.25) is 0 Å². The van der Waals surface area contributed by atoms with E-state index in [9.17, 15) is 14.4 Å². The van der Waals surface area contributed by atoms with E-state index in [1.807, 2.05) is 152 Å². The Labute approximate surface area is 855 Å². The molecule has 742 valence electrons. The number of hydrogen-bond acceptors (Lipinski definition) is 8. The summed E-state index contributed by atoms with van der Waals surface area (Å²) in [6.45, 7) is 65.2. The number of anilines is 10. The van der Waals surface area contributed by atoms with Gasteiger partial charge >= 0.3 is 0 Å². The number of para-hydroxylation sites is 1. The number of rotatable bonds is 27. The van der Waals surface area contributed by atoms with E-state index in [4.69, 9.17) is 4.74 Å². The minimum absolute atomic E-state index is 0.00163. The zero-order valence-corrected chi connectivity index (χ0v) is 90.9. The molecule has 1 heterocycles. The van der Waals surface area contributed by atoms with Crippen molar-refractivity contribution in [2.24, 2.45) is 5.92 Å². The summed E-state index contributed by atoms with van der Waals surface area (Å²) in [5.74, 6) is 4.28. The Morgan fingerprint density at radius 1 is 0.282 bits per heavy atom. The first-order chi connectivity index (χ1) is 67.2. The zero-order valence-electron chi connectivity index (χ0n) is 90.9. The van der Waals surface area contributed by atoms with Gasteiger partial charge in [-0.2, -0.15) is 0 Å². The van der Waals surface area contributed by atoms with Crippen molar-refractivity contribution >= 4 is 74.2 Å². The van der Waals surface area contributed by atoms with Crippen LogP contribution in [0, 0.1) is 5.92 Å². The predicted molar refractivity (Wildman–Crippen MR) is 610 cm³/mol. The normalized spacial score (nSPS) is 12.2. The first-order valence-corrected chi connectivity index (χ1v) is 52.1. The fraction of sp³-hybridized carbons (Fsp3) is 0.351. The number of nitrogens with zero attached hydrogens (tertiary/aromatic N) is 4. The molecule has 142 heavy (non-hydrogen) atoms. The lowest BCUT2D eigenvalue weighted by Gasteiger charge is -2.32. The Morgan fingerprint density at radius 2 is 0.514 bits per heavy atom. The Hall–Kier alpha value is -12.9. The lowest BCUT2D eigenvalue weighted by Crippen LogP contribution is -2.30. The number of aryl methyl sites for hydroxylation is 1. The molecule has 0 fully saturated rings. The molecule has 8 nitrogen and oxygen atoms in total. The van der Waals surface area contributed by atoms with Crippen molar-refractivity contribution in [2.75, 3.05) is 39.3 Å². The van der Waals surface area contributed by atoms with E-state index >= 15 is 0 Å². The van der Waals surface area contributed by atoms with Crippen LogP contribution in [-0.2, 0) is 33.5 Å². The van der Waals surface area contributed by atoms with Crippen LogP contribution in [0.15, 0.2) is 340 Å². The van der Waals surface area contributed by atoms with E-state index in [1.165, 1.54) is 124 Å². The Balaban J connectivity index is 0.000000179. The lowest BCUT2D eigenvalue weighted by atomic mass is 9.86. The molecular formula is C134H162N4O4. The largest absolute Gasteiger partial charge is 0.493 e. The molecule has 15 rings (SSSR count). The molecule has 0 saturated heterocycles. The van der Waals surface area contributed by atoms with Crippen molar-refractivity contribution in [3.8, 4) is 5.75 Å². The number of ether oxygens (including phenoxy) is 1. The standard InChI is InChI=1S/C43H45NO2.C32H33NO.C29H37N.C17H27N.C13H20O/c1-29(2)30-13-23-37(24-14-30)44(38-25-15-33(16-26-38)40(45)31-9-19-35(20-10-31)42(3,4)5)39-27-17-34(18-28-39)41(46)32-11-21-36(22-12-32)43(6,7)8;1-23(2)24-13-19-29(20-14-24)33(28-9-7-6-8-10-28)30-21-15-26(16-22-30)31(34)25-11-17-27(18-12-25)32(3,4)5;1-21(2)22-9-15-25(16-10-22)30(26-17-11-23(12-18-26)28(3,4)5)27-19-13-24(14-20-27)29(6,7)8;1-4-5-6-11-18-12-7-8-16-13-15(14(2)3)9-10-17(16)18;1-10(2)9-14-13-7-5-12(6-8-13)11(3)4/h9-29H,1-8H3;6-23H,1-5H3;9-21H,1-8H3;9-10,13-14H,4-8,11-12H2,1-3H3;5-8,10-11H,9H2,1-4H3. The molecule has 0 saturated carbocycles. The molecule has 0 amide bonds. The van der Waals surface area contributed by atoms with E-state index < -0.39 is 0 Å². The van der Waals surface area contributed by atoms with Gasteiger partial charge in [-0.3, -0.25) is 14.4 Å². The van der Waals surface area contributed by atoms with Crippen molar-refractivity contribution in [1.82, 2.24) is 0 Å². The van der Waals surface area contributed by atoms with Gasteiger partial charge in [0.05, 0.1) is 6.61 Å². The van der Waals surface area contributed by atoms with E-state index in [-0.39, 0.29) is 44.4 Å². The topological polar surface area (TPSA) is 73.4 Å². The van der Waals surface area contributed by atoms with Crippen molar-refractivity contribution in [1.29, 1.82) is 0 Å². The Bertz CT molecular complexity index is 6110. The second-order valence-corrected chi connectivity index (χ2v) is 45.6. The summed E-state index contributed by atoms with van der Waals surface area (Å²) >= 11 is 0. The molecule has 1 aliphatic rings. The highest BCUT2D eigenvalue weighted by molar-refractivity contribution is 6.11. The number of ketones is 3. The molecular weight excluding hydrogens is 1730 g/mol. The molecule has 0 N–H and O–H groups in total. The number of carbonyl (C=O) groups is 3. The molecule has 14 aromatic rings. The number of fused-ring (bicyclic) bond motifs is 1. The van der Waals surface area contributed by atoms with E-state index in [0.717, 1.165) is 46.5 Å². The Kier molecular flexibility index (Phi) is 37.9. The minimum atomic E-state index is -0.00163. The summed E-state index contributed by atoms with van der Waals surface area (Å²) in [6, 6.07) is 117. The van der Waals surface area contributed by atoms with E-state index in [2.05, 4.69) is 402 Å². The van der Waals surface area contributed by atoms with Crippen LogP contribution in [-0.4, -0.2) is 37.0 Å². The molecule has 0 unspecified atom stereocenters. The molecule has 0 spiro atoms. The smallest absolute Gasteiger partial charge is 0.193 e. The maximum atomic E-state index is 13.4. The fourth-order valence-electron chi connectivity index (χ4n) is 17.4. The molecule has 14 aromatic carbocycles. The van der Waals surface area contributed by atoms with Gasteiger partial charge in [-0.25, -0.2) is 0 Å². The van der Waals surface area contributed by atoms with Gasteiger partial charge in [0.2, 0.25) is 0 Å². The van der Waals surface area contributed by atoms with Crippen LogP contribution in [0.4, 0.5) is 56.9 Å². The second kappa shape index (κ2) is 49.2. The van der Waals surface area contributed by atoms with Gasteiger partial charge in [0.25, 0.3) is 0 Å². The molecule has 1 aliphatic heterocycles.